The Morgan fingerprint density at radius 2 is 2.07 bits per heavy atom. The van der Waals surface area contributed by atoms with E-state index in [0.717, 1.165) is 22.0 Å². The summed E-state index contributed by atoms with van der Waals surface area (Å²) in [5.74, 6) is 1.16. The van der Waals surface area contributed by atoms with E-state index >= 15 is 0 Å². The first-order valence-corrected chi connectivity index (χ1v) is 9.36. The number of benzene rings is 2. The van der Waals surface area contributed by atoms with Crippen molar-refractivity contribution in [3.8, 4) is 5.75 Å². The van der Waals surface area contributed by atoms with Gasteiger partial charge >= 0.3 is 5.63 Å². The lowest BCUT2D eigenvalue weighted by atomic mass is 10.0. The Balaban J connectivity index is 1.43. The fourth-order valence-corrected chi connectivity index (χ4v) is 3.39. The van der Waals surface area contributed by atoms with Crippen LogP contribution >= 0.6 is 0 Å². The quantitative estimate of drug-likeness (QED) is 0.492. The third-order valence-electron chi connectivity index (χ3n) is 4.99. The van der Waals surface area contributed by atoms with Crippen molar-refractivity contribution in [2.75, 3.05) is 7.11 Å². The van der Waals surface area contributed by atoms with Crippen molar-refractivity contribution in [2.24, 2.45) is 0 Å². The third kappa shape index (κ3) is 3.85. The molecule has 0 bridgehead atoms. The van der Waals surface area contributed by atoms with Crippen molar-refractivity contribution in [3.05, 3.63) is 69.8 Å². The van der Waals surface area contributed by atoms with Crippen LogP contribution in [0.3, 0.4) is 0 Å². The van der Waals surface area contributed by atoms with Crippen LogP contribution in [0.1, 0.15) is 23.4 Å². The SMILES string of the molecule is COc1ccc2c(C)c(CCC(=O)NCc3nc4ccccc4[nH]3)c(=O)oc2c1. The first kappa shape index (κ1) is 18.7. The van der Waals surface area contributed by atoms with Gasteiger partial charge in [0, 0.05) is 23.4 Å². The number of rotatable bonds is 6. The summed E-state index contributed by atoms with van der Waals surface area (Å²) in [6.07, 6.45) is 0.496. The van der Waals surface area contributed by atoms with Gasteiger partial charge in [-0.25, -0.2) is 9.78 Å². The molecule has 2 N–H and O–H groups in total. The monoisotopic (exact) mass is 391 g/mol. The fourth-order valence-electron chi connectivity index (χ4n) is 3.39. The number of hydrogen-bond donors (Lipinski definition) is 2. The molecular formula is C22H21N3O4. The highest BCUT2D eigenvalue weighted by atomic mass is 16.5. The van der Waals surface area contributed by atoms with Crippen molar-refractivity contribution in [1.82, 2.24) is 15.3 Å². The molecule has 2 aromatic heterocycles. The number of aryl methyl sites for hydroxylation is 1. The molecule has 2 heterocycles. The summed E-state index contributed by atoms with van der Waals surface area (Å²) in [7, 11) is 1.56. The molecule has 0 fully saturated rings. The molecule has 0 unspecified atom stereocenters. The normalized spacial score (nSPS) is 11.1. The standard InChI is InChI=1S/C22H21N3O4/c1-13-15-8-7-14(28-2)11-19(15)29-22(27)16(13)9-10-21(26)23-12-20-24-17-5-3-4-6-18(17)25-20/h3-8,11H,9-10,12H2,1-2H3,(H,23,26)(H,24,25). The summed E-state index contributed by atoms with van der Waals surface area (Å²) < 4.78 is 10.6. The second kappa shape index (κ2) is 7.79. The lowest BCUT2D eigenvalue weighted by Gasteiger charge is -2.09. The molecule has 29 heavy (non-hydrogen) atoms. The molecule has 0 aliphatic carbocycles. The highest BCUT2D eigenvalue weighted by molar-refractivity contribution is 5.83. The van der Waals surface area contributed by atoms with E-state index in [0.29, 0.717) is 35.7 Å². The summed E-state index contributed by atoms with van der Waals surface area (Å²) in [5.41, 5.74) is 3.18. The van der Waals surface area contributed by atoms with Crippen LogP contribution in [0.2, 0.25) is 0 Å². The average Bonchev–Trinajstić information content (AvgIpc) is 3.14. The summed E-state index contributed by atoms with van der Waals surface area (Å²) in [6.45, 7) is 2.17. The second-order valence-electron chi connectivity index (χ2n) is 6.83. The summed E-state index contributed by atoms with van der Waals surface area (Å²) >= 11 is 0. The predicted molar refractivity (Wildman–Crippen MR) is 110 cm³/mol. The van der Waals surface area contributed by atoms with Crippen molar-refractivity contribution >= 4 is 27.9 Å². The Morgan fingerprint density at radius 1 is 1.24 bits per heavy atom. The van der Waals surface area contributed by atoms with Gasteiger partial charge in [-0.15, -0.1) is 0 Å². The van der Waals surface area contributed by atoms with Gasteiger partial charge < -0.3 is 19.5 Å². The van der Waals surface area contributed by atoms with Crippen LogP contribution in [0.4, 0.5) is 0 Å². The van der Waals surface area contributed by atoms with Crippen LogP contribution in [0, 0.1) is 6.92 Å². The highest BCUT2D eigenvalue weighted by Crippen LogP contribution is 2.24. The zero-order valence-corrected chi connectivity index (χ0v) is 16.2. The summed E-state index contributed by atoms with van der Waals surface area (Å²) in [4.78, 5) is 32.3. The molecular weight excluding hydrogens is 370 g/mol. The lowest BCUT2D eigenvalue weighted by Crippen LogP contribution is -2.24. The molecule has 0 atom stereocenters. The number of H-pyrrole nitrogens is 1. The molecule has 0 radical (unpaired) electrons. The number of aromatic amines is 1. The molecule has 0 aliphatic heterocycles. The molecule has 4 rings (SSSR count). The third-order valence-corrected chi connectivity index (χ3v) is 4.99. The van der Waals surface area contributed by atoms with E-state index in [9.17, 15) is 9.59 Å². The van der Waals surface area contributed by atoms with E-state index in [1.807, 2.05) is 43.3 Å². The number of ether oxygens (including phenoxy) is 1. The van der Waals surface area contributed by atoms with E-state index in [-0.39, 0.29) is 12.3 Å². The van der Waals surface area contributed by atoms with E-state index in [2.05, 4.69) is 15.3 Å². The van der Waals surface area contributed by atoms with E-state index in [4.69, 9.17) is 9.15 Å². The van der Waals surface area contributed by atoms with E-state index in [1.165, 1.54) is 0 Å². The minimum Gasteiger partial charge on any atom is -0.497 e. The number of hydrogen-bond acceptors (Lipinski definition) is 5. The van der Waals surface area contributed by atoms with Crippen molar-refractivity contribution < 1.29 is 13.9 Å². The van der Waals surface area contributed by atoms with Crippen LogP contribution in [0.5, 0.6) is 5.75 Å². The Morgan fingerprint density at radius 3 is 2.86 bits per heavy atom. The first-order valence-electron chi connectivity index (χ1n) is 9.36. The number of aromatic nitrogens is 2. The number of carbonyl (C=O) groups excluding carboxylic acids is 1. The highest BCUT2D eigenvalue weighted by Gasteiger charge is 2.14. The second-order valence-corrected chi connectivity index (χ2v) is 6.83. The number of para-hydroxylation sites is 2. The minimum absolute atomic E-state index is 0.154. The zero-order valence-electron chi connectivity index (χ0n) is 16.2. The zero-order chi connectivity index (χ0) is 20.4. The number of methoxy groups -OCH3 is 1. The number of nitrogens with one attached hydrogen (secondary N) is 2. The Bertz CT molecular complexity index is 1220. The number of amides is 1. The van der Waals surface area contributed by atoms with Gasteiger partial charge in [-0.05, 0) is 43.2 Å². The number of carbonyl (C=O) groups is 1. The van der Waals surface area contributed by atoms with Gasteiger partial charge in [-0.3, -0.25) is 4.79 Å². The Kier molecular flexibility index (Phi) is 5.03. The van der Waals surface area contributed by atoms with Gasteiger partial charge in [0.1, 0.15) is 17.2 Å². The van der Waals surface area contributed by atoms with Crippen LogP contribution in [0.15, 0.2) is 51.7 Å². The topological polar surface area (TPSA) is 97.2 Å². The molecule has 0 saturated heterocycles. The smallest absolute Gasteiger partial charge is 0.339 e. The van der Waals surface area contributed by atoms with Crippen molar-refractivity contribution in [3.63, 3.8) is 0 Å². The Hall–Kier alpha value is -3.61. The maximum atomic E-state index is 12.4. The average molecular weight is 391 g/mol. The largest absolute Gasteiger partial charge is 0.497 e. The van der Waals surface area contributed by atoms with Gasteiger partial charge in [0.15, 0.2) is 0 Å². The van der Waals surface area contributed by atoms with Gasteiger partial charge in [-0.2, -0.15) is 0 Å². The van der Waals surface area contributed by atoms with Gasteiger partial charge in [0.25, 0.3) is 0 Å². The van der Waals surface area contributed by atoms with Crippen molar-refractivity contribution in [1.29, 1.82) is 0 Å². The molecule has 148 valence electrons. The summed E-state index contributed by atoms with van der Waals surface area (Å²) in [5, 5.41) is 3.68. The van der Waals surface area contributed by atoms with E-state index < -0.39 is 5.63 Å². The van der Waals surface area contributed by atoms with Crippen LogP contribution in [0.25, 0.3) is 22.0 Å². The van der Waals surface area contributed by atoms with Crippen LogP contribution in [-0.2, 0) is 17.8 Å². The molecule has 2 aromatic carbocycles. The van der Waals surface area contributed by atoms with Crippen LogP contribution in [-0.4, -0.2) is 23.0 Å². The number of fused-ring (bicyclic) bond motifs is 2. The fraction of sp³-hybridized carbons (Fsp3) is 0.227. The minimum atomic E-state index is -0.423. The maximum absolute atomic E-state index is 12.4. The molecule has 7 nitrogen and oxygen atoms in total. The van der Waals surface area contributed by atoms with E-state index in [1.54, 1.807) is 13.2 Å². The first-order chi connectivity index (χ1) is 14.0. The molecule has 0 aliphatic rings. The maximum Gasteiger partial charge on any atom is 0.339 e. The molecule has 0 spiro atoms. The number of nitrogens with zero attached hydrogens (tertiary/aromatic N) is 1. The Labute approximate surface area is 166 Å². The van der Waals surface area contributed by atoms with Crippen molar-refractivity contribution in [2.45, 2.75) is 26.3 Å². The summed E-state index contributed by atoms with van der Waals surface area (Å²) in [6, 6.07) is 13.1. The molecule has 1 amide bonds. The lowest BCUT2D eigenvalue weighted by molar-refractivity contribution is -0.121. The predicted octanol–water partition coefficient (Wildman–Crippen LogP) is 3.24. The molecule has 4 aromatic rings. The van der Waals surface area contributed by atoms with Gasteiger partial charge in [-0.1, -0.05) is 12.1 Å². The van der Waals surface area contributed by atoms with Crippen LogP contribution < -0.4 is 15.7 Å². The molecule has 7 heteroatoms. The van der Waals surface area contributed by atoms with Gasteiger partial charge in [0.05, 0.1) is 24.7 Å². The molecule has 0 saturated carbocycles. The van der Waals surface area contributed by atoms with Gasteiger partial charge in [0.2, 0.25) is 5.91 Å². The number of imidazole rings is 1.